The van der Waals surface area contributed by atoms with Gasteiger partial charge in [-0.1, -0.05) is 26.2 Å². The van der Waals surface area contributed by atoms with Crippen molar-refractivity contribution >= 4 is 11.5 Å². The molecule has 3 rings (SSSR count). The summed E-state index contributed by atoms with van der Waals surface area (Å²) in [6, 6.07) is 1.79. The number of aromatic nitrogens is 4. The van der Waals surface area contributed by atoms with Gasteiger partial charge in [-0.2, -0.15) is 5.10 Å². The maximum absolute atomic E-state index is 11.3. The monoisotopic (exact) mass is 275 g/mol. The Kier molecular flexibility index (Phi) is 3.71. The molecule has 6 nitrogen and oxygen atoms in total. The van der Waals surface area contributed by atoms with Crippen molar-refractivity contribution in [3.8, 4) is 0 Å². The topological polar surface area (TPSA) is 75.1 Å². The molecule has 2 N–H and O–H groups in total. The van der Waals surface area contributed by atoms with Gasteiger partial charge in [-0.25, -0.2) is 19.3 Å². The van der Waals surface area contributed by atoms with Crippen LogP contribution in [0.4, 0.5) is 5.82 Å². The first-order chi connectivity index (χ1) is 9.72. The summed E-state index contributed by atoms with van der Waals surface area (Å²) >= 11 is 0. The van der Waals surface area contributed by atoms with Crippen LogP contribution in [-0.4, -0.2) is 26.1 Å². The summed E-state index contributed by atoms with van der Waals surface area (Å²) in [5, 5.41) is 9.67. The molecule has 108 valence electrons. The minimum atomic E-state index is -0.254. The predicted octanol–water partition coefficient (Wildman–Crippen LogP) is 2.05. The molecule has 0 saturated heterocycles. The van der Waals surface area contributed by atoms with Crippen LogP contribution < -0.4 is 11.0 Å². The van der Waals surface area contributed by atoms with E-state index >= 15 is 0 Å². The average Bonchev–Trinajstić information content (AvgIpc) is 2.80. The van der Waals surface area contributed by atoms with E-state index < -0.39 is 0 Å². The number of hydrogen-bond acceptors (Lipinski definition) is 4. The van der Waals surface area contributed by atoms with Gasteiger partial charge in [-0.15, -0.1) is 0 Å². The van der Waals surface area contributed by atoms with Gasteiger partial charge in [0.2, 0.25) is 0 Å². The molecule has 1 saturated carbocycles. The highest BCUT2D eigenvalue weighted by Gasteiger charge is 2.18. The van der Waals surface area contributed by atoms with E-state index in [4.69, 9.17) is 0 Å². The Bertz CT molecular complexity index is 632. The summed E-state index contributed by atoms with van der Waals surface area (Å²) in [6.07, 6.45) is 8.15. The summed E-state index contributed by atoms with van der Waals surface area (Å²) in [6.45, 7) is 3.28. The van der Waals surface area contributed by atoms with Crippen LogP contribution in [0.15, 0.2) is 17.2 Å². The Morgan fingerprint density at radius 2 is 2.40 bits per heavy atom. The van der Waals surface area contributed by atoms with Gasteiger partial charge in [0.25, 0.3) is 0 Å². The Morgan fingerprint density at radius 3 is 3.25 bits per heavy atom. The van der Waals surface area contributed by atoms with Gasteiger partial charge in [0.05, 0.1) is 0 Å². The first-order valence-electron chi connectivity index (χ1n) is 7.39. The first-order valence-corrected chi connectivity index (χ1v) is 7.39. The number of fused-ring (bicyclic) bond motifs is 1. The fraction of sp³-hybridized carbons (Fsp3) is 0.643. The molecule has 2 heterocycles. The largest absolute Gasteiger partial charge is 0.370 e. The minimum Gasteiger partial charge on any atom is -0.370 e. The van der Waals surface area contributed by atoms with Crippen molar-refractivity contribution in [3.05, 3.63) is 22.9 Å². The lowest BCUT2D eigenvalue weighted by Gasteiger charge is -2.26. The van der Waals surface area contributed by atoms with Crippen LogP contribution in [0, 0.1) is 11.8 Å². The normalized spacial score (nSPS) is 23.1. The molecular weight excluding hydrogens is 254 g/mol. The fourth-order valence-electron chi connectivity index (χ4n) is 3.13. The number of rotatable bonds is 4. The third-order valence-corrected chi connectivity index (χ3v) is 4.21. The maximum atomic E-state index is 11.3. The maximum Gasteiger partial charge on any atom is 0.348 e. The highest BCUT2D eigenvalue weighted by atomic mass is 16.1. The lowest BCUT2D eigenvalue weighted by Crippen LogP contribution is -2.17. The van der Waals surface area contributed by atoms with E-state index in [0.717, 1.165) is 24.2 Å². The molecule has 6 heteroatoms. The smallest absolute Gasteiger partial charge is 0.348 e. The quantitative estimate of drug-likeness (QED) is 0.895. The first kappa shape index (κ1) is 13.1. The zero-order valence-corrected chi connectivity index (χ0v) is 11.8. The van der Waals surface area contributed by atoms with Gasteiger partial charge in [0.15, 0.2) is 5.65 Å². The number of nitrogens with one attached hydrogen (secondary N) is 2. The lowest BCUT2D eigenvalue weighted by atomic mass is 9.81. The summed E-state index contributed by atoms with van der Waals surface area (Å²) in [4.78, 5) is 15.6. The highest BCUT2D eigenvalue weighted by Crippen LogP contribution is 2.30. The number of hydrogen-bond donors (Lipinski definition) is 2. The molecule has 0 aromatic carbocycles. The van der Waals surface area contributed by atoms with Crippen LogP contribution in [0.5, 0.6) is 0 Å². The van der Waals surface area contributed by atoms with Crippen LogP contribution in [0.2, 0.25) is 0 Å². The summed E-state index contributed by atoms with van der Waals surface area (Å²) < 4.78 is 1.40. The second-order valence-corrected chi connectivity index (χ2v) is 5.88. The van der Waals surface area contributed by atoms with Crippen LogP contribution in [0.3, 0.4) is 0 Å². The average molecular weight is 275 g/mol. The molecular formula is C14H21N5O. The third kappa shape index (κ3) is 2.84. The zero-order valence-electron chi connectivity index (χ0n) is 11.8. The summed E-state index contributed by atoms with van der Waals surface area (Å²) in [5.74, 6) is 2.49. The molecule has 2 unspecified atom stereocenters. The molecule has 1 aliphatic carbocycles. The molecule has 0 spiro atoms. The van der Waals surface area contributed by atoms with Crippen molar-refractivity contribution in [1.82, 2.24) is 19.6 Å². The Hall–Kier alpha value is -1.85. The van der Waals surface area contributed by atoms with Crippen molar-refractivity contribution in [2.75, 3.05) is 11.9 Å². The van der Waals surface area contributed by atoms with E-state index in [0.29, 0.717) is 5.65 Å². The van der Waals surface area contributed by atoms with Crippen LogP contribution in [0.25, 0.3) is 5.65 Å². The van der Waals surface area contributed by atoms with Crippen LogP contribution in [-0.2, 0) is 0 Å². The van der Waals surface area contributed by atoms with Crippen LogP contribution in [0.1, 0.15) is 39.0 Å². The fourth-order valence-corrected chi connectivity index (χ4v) is 3.13. The van der Waals surface area contributed by atoms with Crippen molar-refractivity contribution in [2.24, 2.45) is 11.8 Å². The van der Waals surface area contributed by atoms with Gasteiger partial charge >= 0.3 is 5.69 Å². The van der Waals surface area contributed by atoms with Crippen molar-refractivity contribution in [3.63, 3.8) is 0 Å². The minimum absolute atomic E-state index is 0.254. The number of H-pyrrole nitrogens is 1. The third-order valence-electron chi connectivity index (χ3n) is 4.21. The zero-order chi connectivity index (χ0) is 13.9. The molecule has 0 aliphatic heterocycles. The van der Waals surface area contributed by atoms with Crippen molar-refractivity contribution in [2.45, 2.75) is 39.0 Å². The van der Waals surface area contributed by atoms with E-state index in [1.54, 1.807) is 6.07 Å². The predicted molar refractivity (Wildman–Crippen MR) is 77.8 cm³/mol. The Morgan fingerprint density at radius 1 is 1.50 bits per heavy atom. The number of anilines is 1. The molecule has 0 bridgehead atoms. The van der Waals surface area contributed by atoms with Crippen LogP contribution >= 0.6 is 0 Å². The standard InChI is InChI=1S/C14H21N5O/c1-10-3-2-4-11(7-10)5-6-15-12-8-13-17-18-14(20)19(13)9-16-12/h8-11,15H,2-7H2,1H3,(H,18,20). The van der Waals surface area contributed by atoms with E-state index in [9.17, 15) is 4.79 Å². The Labute approximate surface area is 117 Å². The molecule has 0 radical (unpaired) electrons. The van der Waals surface area contributed by atoms with Crippen molar-refractivity contribution < 1.29 is 0 Å². The van der Waals surface area contributed by atoms with Crippen molar-refractivity contribution in [1.29, 1.82) is 0 Å². The highest BCUT2D eigenvalue weighted by molar-refractivity contribution is 5.48. The molecule has 1 fully saturated rings. The van der Waals surface area contributed by atoms with Gasteiger partial charge in [0, 0.05) is 12.6 Å². The van der Waals surface area contributed by atoms with E-state index in [1.807, 2.05) is 0 Å². The van der Waals surface area contributed by atoms with E-state index in [1.165, 1.54) is 42.8 Å². The SMILES string of the molecule is CC1CCCC(CCNc2cc3n[nH]c(=O)n3cn2)C1. The molecule has 1 aliphatic rings. The van der Waals surface area contributed by atoms with Gasteiger partial charge in [0.1, 0.15) is 12.1 Å². The Balaban J connectivity index is 1.55. The number of aromatic amines is 1. The van der Waals surface area contributed by atoms with Gasteiger partial charge < -0.3 is 5.32 Å². The number of nitrogens with zero attached hydrogens (tertiary/aromatic N) is 3. The van der Waals surface area contributed by atoms with Gasteiger partial charge in [-0.3, -0.25) is 0 Å². The second kappa shape index (κ2) is 5.64. The van der Waals surface area contributed by atoms with E-state index in [2.05, 4.69) is 27.4 Å². The molecule has 2 aromatic rings. The molecule has 20 heavy (non-hydrogen) atoms. The second-order valence-electron chi connectivity index (χ2n) is 5.88. The molecule has 2 aromatic heterocycles. The van der Waals surface area contributed by atoms with E-state index in [-0.39, 0.29) is 5.69 Å². The molecule has 0 amide bonds. The van der Waals surface area contributed by atoms with Gasteiger partial charge in [-0.05, 0) is 24.7 Å². The summed E-state index contributed by atoms with van der Waals surface area (Å²) in [7, 11) is 0. The molecule has 2 atom stereocenters. The summed E-state index contributed by atoms with van der Waals surface area (Å²) in [5.41, 5.74) is 0.342. The lowest BCUT2D eigenvalue weighted by molar-refractivity contribution is 0.274.